The second-order valence-corrected chi connectivity index (χ2v) is 4.34. The number of hydrogen-bond acceptors (Lipinski definition) is 1. The highest BCUT2D eigenvalue weighted by molar-refractivity contribution is 5.69. The Morgan fingerprint density at radius 1 is 1.00 bits per heavy atom. The van der Waals surface area contributed by atoms with E-state index in [0.29, 0.717) is 5.56 Å². The van der Waals surface area contributed by atoms with E-state index in [4.69, 9.17) is 0 Å². The third-order valence-electron chi connectivity index (χ3n) is 3.15. The molecule has 0 fully saturated rings. The third kappa shape index (κ3) is 2.63. The summed E-state index contributed by atoms with van der Waals surface area (Å²) >= 11 is 0. The smallest absolute Gasteiger partial charge is 0.133 e. The van der Waals surface area contributed by atoms with Crippen LogP contribution in [0.1, 0.15) is 18.5 Å². The Bertz CT molecular complexity index is 576. The molecule has 0 saturated carbocycles. The fourth-order valence-electron chi connectivity index (χ4n) is 2.03. The van der Waals surface area contributed by atoms with E-state index in [0.717, 1.165) is 18.2 Å². The minimum Gasteiger partial charge on any atom is -0.313 e. The van der Waals surface area contributed by atoms with Gasteiger partial charge in [-0.25, -0.2) is 13.2 Å². The van der Waals surface area contributed by atoms with Crippen molar-refractivity contribution in [1.29, 1.82) is 0 Å². The molecule has 0 aliphatic heterocycles. The minimum atomic E-state index is -0.699. The van der Waals surface area contributed by atoms with Crippen molar-refractivity contribution in [3.05, 3.63) is 59.4 Å². The van der Waals surface area contributed by atoms with E-state index in [1.807, 2.05) is 6.92 Å². The average Bonchev–Trinajstić information content (AvgIpc) is 2.38. The summed E-state index contributed by atoms with van der Waals surface area (Å²) in [6, 6.07) is 7.45. The van der Waals surface area contributed by atoms with Gasteiger partial charge in [0, 0.05) is 6.04 Å². The molecule has 2 aromatic rings. The predicted molar refractivity (Wildman–Crippen MR) is 69.2 cm³/mol. The van der Waals surface area contributed by atoms with Crippen molar-refractivity contribution >= 4 is 0 Å². The van der Waals surface area contributed by atoms with Crippen LogP contribution in [0.2, 0.25) is 0 Å². The molecule has 4 heteroatoms. The summed E-state index contributed by atoms with van der Waals surface area (Å²) in [5.41, 5.74) is 0.685. The Labute approximate surface area is 110 Å². The van der Waals surface area contributed by atoms with Gasteiger partial charge >= 0.3 is 0 Å². The molecule has 2 aromatic carbocycles. The topological polar surface area (TPSA) is 12.0 Å². The fourth-order valence-corrected chi connectivity index (χ4v) is 2.03. The molecule has 2 rings (SSSR count). The van der Waals surface area contributed by atoms with Crippen LogP contribution in [0.25, 0.3) is 11.1 Å². The molecular weight excluding hydrogens is 251 g/mol. The van der Waals surface area contributed by atoms with E-state index in [2.05, 4.69) is 5.32 Å². The lowest BCUT2D eigenvalue weighted by Crippen LogP contribution is -2.14. The van der Waals surface area contributed by atoms with Crippen molar-refractivity contribution in [2.75, 3.05) is 7.05 Å². The predicted octanol–water partition coefficient (Wildman–Crippen LogP) is 4.05. The van der Waals surface area contributed by atoms with Crippen LogP contribution in [-0.4, -0.2) is 7.05 Å². The van der Waals surface area contributed by atoms with Crippen LogP contribution in [-0.2, 0) is 0 Å². The van der Waals surface area contributed by atoms with Gasteiger partial charge in [-0.15, -0.1) is 0 Å². The zero-order valence-corrected chi connectivity index (χ0v) is 10.7. The van der Waals surface area contributed by atoms with Crippen molar-refractivity contribution in [3.63, 3.8) is 0 Å². The Kier molecular flexibility index (Phi) is 3.90. The first-order valence-corrected chi connectivity index (χ1v) is 5.95. The quantitative estimate of drug-likeness (QED) is 0.882. The summed E-state index contributed by atoms with van der Waals surface area (Å²) in [6.45, 7) is 1.84. The Morgan fingerprint density at radius 2 is 1.63 bits per heavy atom. The average molecular weight is 265 g/mol. The SMILES string of the molecule is CNC(C)c1ccc(F)cc1-c1c(F)cccc1F. The summed E-state index contributed by atoms with van der Waals surface area (Å²) in [6.07, 6.45) is 0. The number of rotatable bonds is 3. The van der Waals surface area contributed by atoms with Gasteiger partial charge in [0.2, 0.25) is 0 Å². The van der Waals surface area contributed by atoms with Crippen molar-refractivity contribution in [3.8, 4) is 11.1 Å². The second-order valence-electron chi connectivity index (χ2n) is 4.34. The van der Waals surface area contributed by atoms with E-state index < -0.39 is 17.5 Å². The van der Waals surface area contributed by atoms with Gasteiger partial charge in [-0.1, -0.05) is 12.1 Å². The summed E-state index contributed by atoms with van der Waals surface area (Å²) in [5.74, 6) is -1.92. The second kappa shape index (κ2) is 5.45. The van der Waals surface area contributed by atoms with E-state index in [-0.39, 0.29) is 17.2 Å². The van der Waals surface area contributed by atoms with Gasteiger partial charge in [-0.3, -0.25) is 0 Å². The monoisotopic (exact) mass is 265 g/mol. The zero-order valence-electron chi connectivity index (χ0n) is 10.7. The van der Waals surface area contributed by atoms with Crippen molar-refractivity contribution in [2.45, 2.75) is 13.0 Å². The molecule has 0 spiro atoms. The molecule has 0 radical (unpaired) electrons. The molecular formula is C15H14F3N. The van der Waals surface area contributed by atoms with Crippen LogP contribution in [0.5, 0.6) is 0 Å². The van der Waals surface area contributed by atoms with Crippen LogP contribution in [0.3, 0.4) is 0 Å². The maximum absolute atomic E-state index is 13.8. The molecule has 19 heavy (non-hydrogen) atoms. The largest absolute Gasteiger partial charge is 0.313 e. The highest BCUT2D eigenvalue weighted by Gasteiger charge is 2.18. The molecule has 0 aliphatic rings. The van der Waals surface area contributed by atoms with Crippen LogP contribution in [0, 0.1) is 17.5 Å². The van der Waals surface area contributed by atoms with Crippen LogP contribution in [0.15, 0.2) is 36.4 Å². The Balaban J connectivity index is 2.70. The molecule has 1 unspecified atom stereocenters. The van der Waals surface area contributed by atoms with Crippen molar-refractivity contribution in [2.24, 2.45) is 0 Å². The van der Waals surface area contributed by atoms with Crippen LogP contribution in [0.4, 0.5) is 13.2 Å². The molecule has 0 aromatic heterocycles. The maximum Gasteiger partial charge on any atom is 0.133 e. The number of nitrogens with one attached hydrogen (secondary N) is 1. The summed E-state index contributed by atoms with van der Waals surface area (Å²) < 4.78 is 41.1. The van der Waals surface area contributed by atoms with Crippen LogP contribution < -0.4 is 5.32 Å². The molecule has 1 atom stereocenters. The molecule has 100 valence electrons. The first-order chi connectivity index (χ1) is 9.04. The minimum absolute atomic E-state index is 0.144. The lowest BCUT2D eigenvalue weighted by molar-refractivity contribution is 0.585. The van der Waals surface area contributed by atoms with Crippen LogP contribution >= 0.6 is 0 Å². The van der Waals surface area contributed by atoms with Crippen molar-refractivity contribution in [1.82, 2.24) is 5.32 Å². The molecule has 0 saturated heterocycles. The molecule has 1 N–H and O–H groups in total. The third-order valence-corrected chi connectivity index (χ3v) is 3.15. The first-order valence-electron chi connectivity index (χ1n) is 5.95. The normalized spacial score (nSPS) is 12.5. The van der Waals surface area contributed by atoms with Gasteiger partial charge < -0.3 is 5.32 Å². The fraction of sp³-hybridized carbons (Fsp3) is 0.200. The first kappa shape index (κ1) is 13.6. The highest BCUT2D eigenvalue weighted by Crippen LogP contribution is 2.32. The summed E-state index contributed by atoms with van der Waals surface area (Å²) in [7, 11) is 1.73. The standard InChI is InChI=1S/C15H14F3N/c1-9(19-2)11-7-6-10(16)8-12(11)15-13(17)4-3-5-14(15)18/h3-9,19H,1-2H3. The van der Waals surface area contributed by atoms with Gasteiger partial charge in [0.1, 0.15) is 17.5 Å². The molecule has 0 amide bonds. The van der Waals surface area contributed by atoms with Gasteiger partial charge in [0.25, 0.3) is 0 Å². The summed E-state index contributed by atoms with van der Waals surface area (Å²) in [4.78, 5) is 0. The lowest BCUT2D eigenvalue weighted by atomic mass is 9.94. The Morgan fingerprint density at radius 3 is 2.21 bits per heavy atom. The Hall–Kier alpha value is -1.81. The van der Waals surface area contributed by atoms with Crippen molar-refractivity contribution < 1.29 is 13.2 Å². The highest BCUT2D eigenvalue weighted by atomic mass is 19.1. The lowest BCUT2D eigenvalue weighted by Gasteiger charge is -2.17. The maximum atomic E-state index is 13.8. The van der Waals surface area contributed by atoms with Gasteiger partial charge in [0.05, 0.1) is 5.56 Å². The van der Waals surface area contributed by atoms with E-state index in [1.54, 1.807) is 7.05 Å². The van der Waals surface area contributed by atoms with E-state index in [1.165, 1.54) is 18.2 Å². The molecule has 0 aliphatic carbocycles. The molecule has 1 nitrogen and oxygen atoms in total. The number of halogens is 3. The summed E-state index contributed by atoms with van der Waals surface area (Å²) in [5, 5.41) is 2.98. The van der Waals surface area contributed by atoms with Gasteiger partial charge in [-0.05, 0) is 49.4 Å². The zero-order chi connectivity index (χ0) is 14.0. The number of hydrogen-bond donors (Lipinski definition) is 1. The van der Waals surface area contributed by atoms with E-state index >= 15 is 0 Å². The molecule has 0 bridgehead atoms. The van der Waals surface area contributed by atoms with Gasteiger partial charge in [0.15, 0.2) is 0 Å². The van der Waals surface area contributed by atoms with Gasteiger partial charge in [-0.2, -0.15) is 0 Å². The number of benzene rings is 2. The molecule has 0 heterocycles. The van der Waals surface area contributed by atoms with E-state index in [9.17, 15) is 13.2 Å².